The van der Waals surface area contributed by atoms with E-state index in [0.29, 0.717) is 6.42 Å². The van der Waals surface area contributed by atoms with Gasteiger partial charge in [-0.15, -0.1) is 0 Å². The van der Waals surface area contributed by atoms with Crippen molar-refractivity contribution < 1.29 is 19.5 Å². The summed E-state index contributed by atoms with van der Waals surface area (Å²) in [6, 6.07) is -1.45. The van der Waals surface area contributed by atoms with Gasteiger partial charge in [-0.1, -0.05) is 27.2 Å². The lowest BCUT2D eigenvalue weighted by Crippen LogP contribution is -2.50. The monoisotopic (exact) mass is 286 g/mol. The summed E-state index contributed by atoms with van der Waals surface area (Å²) in [4.78, 5) is 34.3. The van der Waals surface area contributed by atoms with E-state index in [2.05, 4.69) is 5.32 Å². The number of hydrogen-bond acceptors (Lipinski definition) is 4. The molecule has 20 heavy (non-hydrogen) atoms. The molecule has 0 aliphatic carbocycles. The van der Waals surface area contributed by atoms with Gasteiger partial charge in [-0.3, -0.25) is 14.4 Å². The highest BCUT2D eigenvalue weighted by Gasteiger charge is 2.25. The van der Waals surface area contributed by atoms with Crippen molar-refractivity contribution in [2.24, 2.45) is 11.7 Å². The van der Waals surface area contributed by atoms with Gasteiger partial charge in [0.25, 0.3) is 0 Å². The second-order valence-corrected chi connectivity index (χ2v) is 5.34. The van der Waals surface area contributed by atoms with Gasteiger partial charge in [0.1, 0.15) is 0 Å². The van der Waals surface area contributed by atoms with Gasteiger partial charge in [-0.05, 0) is 18.8 Å². The van der Waals surface area contributed by atoms with Crippen LogP contribution in [0.3, 0.4) is 0 Å². The van der Waals surface area contributed by atoms with Crippen LogP contribution in [0.15, 0.2) is 0 Å². The first kappa shape index (κ1) is 18.6. The van der Waals surface area contributed by atoms with Crippen LogP contribution < -0.4 is 11.1 Å². The van der Waals surface area contributed by atoms with Crippen molar-refractivity contribution in [2.45, 2.75) is 65.0 Å². The third kappa shape index (κ3) is 7.23. The molecule has 0 aromatic heterocycles. The van der Waals surface area contributed by atoms with Crippen molar-refractivity contribution in [1.29, 1.82) is 0 Å². The maximum Gasteiger partial charge on any atom is 0.303 e. The number of aliphatic carboxylic acids is 1. The van der Waals surface area contributed by atoms with Crippen LogP contribution in [0, 0.1) is 5.92 Å². The smallest absolute Gasteiger partial charge is 0.303 e. The Morgan fingerprint density at radius 2 is 1.80 bits per heavy atom. The molecule has 0 heterocycles. The summed E-state index contributed by atoms with van der Waals surface area (Å²) in [7, 11) is 0. The maximum atomic E-state index is 12.0. The molecule has 2 unspecified atom stereocenters. The number of Topliss-reactive ketones (excluding diaryl/α,β-unsaturated/α-hetero) is 1. The molecule has 0 aromatic carbocycles. The summed E-state index contributed by atoms with van der Waals surface area (Å²) >= 11 is 0. The number of rotatable bonds is 10. The summed E-state index contributed by atoms with van der Waals surface area (Å²) in [6.07, 6.45) is 2.05. The highest BCUT2D eigenvalue weighted by molar-refractivity contribution is 5.91. The molecule has 2 atom stereocenters. The second kappa shape index (κ2) is 9.47. The van der Waals surface area contributed by atoms with E-state index in [1.807, 2.05) is 20.8 Å². The molecule has 116 valence electrons. The molecule has 0 radical (unpaired) electrons. The van der Waals surface area contributed by atoms with Crippen molar-refractivity contribution >= 4 is 17.7 Å². The van der Waals surface area contributed by atoms with E-state index >= 15 is 0 Å². The van der Waals surface area contributed by atoms with Gasteiger partial charge >= 0.3 is 5.97 Å². The van der Waals surface area contributed by atoms with E-state index in [1.54, 1.807) is 0 Å². The minimum Gasteiger partial charge on any atom is -0.481 e. The molecule has 0 aliphatic rings. The minimum absolute atomic E-state index is 0.000588. The second-order valence-electron chi connectivity index (χ2n) is 5.34. The fourth-order valence-electron chi connectivity index (χ4n) is 1.80. The Morgan fingerprint density at radius 1 is 1.20 bits per heavy atom. The lowest BCUT2D eigenvalue weighted by molar-refractivity contribution is -0.137. The molecule has 0 aromatic rings. The standard InChI is InChI=1S/C14H26N2O4/c1-4-5-6-11(17)13(9(2)3)16-14(20)10(15)7-8-12(18)19/h9-10,13H,4-8,15H2,1-3H3,(H,16,20)(H,18,19). The number of nitrogens with two attached hydrogens (primary N) is 1. The average Bonchev–Trinajstić information content (AvgIpc) is 2.38. The van der Waals surface area contributed by atoms with Crippen molar-refractivity contribution in [3.05, 3.63) is 0 Å². The number of carboxylic acids is 1. The average molecular weight is 286 g/mol. The topological polar surface area (TPSA) is 109 Å². The normalized spacial score (nSPS) is 13.8. The largest absolute Gasteiger partial charge is 0.481 e. The molecule has 0 bridgehead atoms. The SMILES string of the molecule is CCCCC(=O)C(NC(=O)C(N)CCC(=O)O)C(C)C. The molecule has 0 fully saturated rings. The quantitative estimate of drug-likeness (QED) is 0.556. The third-order valence-electron chi connectivity index (χ3n) is 3.09. The first-order chi connectivity index (χ1) is 9.29. The van der Waals surface area contributed by atoms with Crippen LogP contribution in [0.5, 0.6) is 0 Å². The van der Waals surface area contributed by atoms with Gasteiger partial charge in [0.2, 0.25) is 5.91 Å². The molecule has 6 heteroatoms. The van der Waals surface area contributed by atoms with Crippen LogP contribution in [0.25, 0.3) is 0 Å². The molecule has 0 spiro atoms. The molecular formula is C14H26N2O4. The Hall–Kier alpha value is -1.43. The van der Waals surface area contributed by atoms with E-state index in [1.165, 1.54) is 0 Å². The van der Waals surface area contributed by atoms with Gasteiger partial charge < -0.3 is 16.2 Å². The molecule has 6 nitrogen and oxygen atoms in total. The number of nitrogens with one attached hydrogen (secondary N) is 1. The van der Waals surface area contributed by atoms with Crippen LogP contribution in [0.4, 0.5) is 0 Å². The molecule has 1 amide bonds. The fourth-order valence-corrected chi connectivity index (χ4v) is 1.80. The maximum absolute atomic E-state index is 12.0. The number of unbranched alkanes of at least 4 members (excludes halogenated alkanes) is 1. The van der Waals surface area contributed by atoms with Crippen molar-refractivity contribution in [3.8, 4) is 0 Å². The van der Waals surface area contributed by atoms with Crippen LogP contribution in [0.2, 0.25) is 0 Å². The minimum atomic E-state index is -0.993. The van der Waals surface area contributed by atoms with E-state index in [-0.39, 0.29) is 24.5 Å². The van der Waals surface area contributed by atoms with Crippen LogP contribution in [0.1, 0.15) is 52.9 Å². The van der Waals surface area contributed by atoms with Crippen molar-refractivity contribution in [2.75, 3.05) is 0 Å². The number of hydrogen-bond donors (Lipinski definition) is 3. The van der Waals surface area contributed by atoms with Crippen LogP contribution in [-0.4, -0.2) is 34.8 Å². The van der Waals surface area contributed by atoms with Gasteiger partial charge in [-0.25, -0.2) is 0 Å². The third-order valence-corrected chi connectivity index (χ3v) is 3.09. The molecule has 0 rings (SSSR count). The summed E-state index contributed by atoms with van der Waals surface area (Å²) in [5.74, 6) is -1.47. The van der Waals surface area contributed by atoms with Crippen molar-refractivity contribution in [3.63, 3.8) is 0 Å². The number of ketones is 1. The predicted octanol–water partition coefficient (Wildman–Crippen LogP) is 1.08. The van der Waals surface area contributed by atoms with Crippen molar-refractivity contribution in [1.82, 2.24) is 5.32 Å². The predicted molar refractivity (Wildman–Crippen MR) is 76.1 cm³/mol. The lowest BCUT2D eigenvalue weighted by atomic mass is 9.96. The Morgan fingerprint density at radius 3 is 2.25 bits per heavy atom. The van der Waals surface area contributed by atoms with E-state index < -0.39 is 24.0 Å². The van der Waals surface area contributed by atoms with E-state index in [4.69, 9.17) is 10.8 Å². The molecule has 4 N–H and O–H groups in total. The molecule has 0 aliphatic heterocycles. The zero-order valence-electron chi connectivity index (χ0n) is 12.5. The van der Waals surface area contributed by atoms with Crippen LogP contribution in [-0.2, 0) is 14.4 Å². The lowest BCUT2D eigenvalue weighted by Gasteiger charge is -2.23. The van der Waals surface area contributed by atoms with Gasteiger partial charge in [0, 0.05) is 12.8 Å². The van der Waals surface area contributed by atoms with Gasteiger partial charge in [0.15, 0.2) is 5.78 Å². The Balaban J connectivity index is 4.46. The Labute approximate surface area is 120 Å². The highest BCUT2D eigenvalue weighted by Crippen LogP contribution is 2.09. The molecular weight excluding hydrogens is 260 g/mol. The van der Waals surface area contributed by atoms with Gasteiger partial charge in [0.05, 0.1) is 12.1 Å². The summed E-state index contributed by atoms with van der Waals surface area (Å²) in [5, 5.41) is 11.2. The number of carboxylic acid groups (broad SMARTS) is 1. The van der Waals surface area contributed by atoms with E-state index in [0.717, 1.165) is 12.8 Å². The highest BCUT2D eigenvalue weighted by atomic mass is 16.4. The first-order valence-corrected chi connectivity index (χ1v) is 7.10. The van der Waals surface area contributed by atoms with E-state index in [9.17, 15) is 14.4 Å². The first-order valence-electron chi connectivity index (χ1n) is 7.10. The number of amides is 1. The number of carbonyl (C=O) groups excluding carboxylic acids is 2. The zero-order valence-corrected chi connectivity index (χ0v) is 12.5. The fraction of sp³-hybridized carbons (Fsp3) is 0.786. The Kier molecular flexibility index (Phi) is 8.79. The molecule has 0 saturated heterocycles. The summed E-state index contributed by atoms with van der Waals surface area (Å²) in [6.45, 7) is 5.72. The number of carbonyl (C=O) groups is 3. The van der Waals surface area contributed by atoms with Crippen LogP contribution >= 0.6 is 0 Å². The zero-order chi connectivity index (χ0) is 15.7. The summed E-state index contributed by atoms with van der Waals surface area (Å²) < 4.78 is 0. The van der Waals surface area contributed by atoms with Gasteiger partial charge in [-0.2, -0.15) is 0 Å². The summed E-state index contributed by atoms with van der Waals surface area (Å²) in [5.41, 5.74) is 5.63. The Bertz CT molecular complexity index is 342. The molecule has 0 saturated carbocycles.